The molecule has 0 saturated heterocycles. The monoisotopic (exact) mass is 344 g/mol. The predicted octanol–water partition coefficient (Wildman–Crippen LogP) is 1.09. The molecule has 0 heterocycles. The molecular formula is C8H7HoN2O3-. The van der Waals surface area contributed by atoms with Crippen LogP contribution < -0.4 is 5.32 Å². The quantitative estimate of drug-likeness (QED) is 0.386. The number of nitrogens with one attached hydrogen (secondary N) is 1. The van der Waals surface area contributed by atoms with Crippen molar-refractivity contribution in [3.8, 4) is 0 Å². The first-order valence-electron chi connectivity index (χ1n) is 3.53. The number of nitro groups is 1. The summed E-state index contributed by atoms with van der Waals surface area (Å²) in [5, 5.41) is 13.1. The maximum atomic E-state index is 10.4. The Bertz CT molecular complexity index is 354. The summed E-state index contributed by atoms with van der Waals surface area (Å²) >= 11 is 0. The summed E-state index contributed by atoms with van der Waals surface area (Å²) in [4.78, 5) is 20.2. The summed E-state index contributed by atoms with van der Waals surface area (Å²) in [7, 11) is 1.55. The topological polar surface area (TPSA) is 72.2 Å². The molecule has 1 aromatic rings. The summed E-state index contributed by atoms with van der Waals surface area (Å²) in [5.41, 5.74) is 0.544. The fourth-order valence-electron chi connectivity index (χ4n) is 0.959. The van der Waals surface area contributed by atoms with E-state index in [0.29, 0.717) is 5.69 Å². The summed E-state index contributed by atoms with van der Waals surface area (Å²) in [5.74, 6) is 0. The minimum Gasteiger partial charge on any atom is -0.393 e. The number of rotatable bonds is 3. The van der Waals surface area contributed by atoms with E-state index in [-0.39, 0.29) is 49.0 Å². The molecule has 1 radical (unpaired) electrons. The van der Waals surface area contributed by atoms with Gasteiger partial charge in [-0.3, -0.25) is 10.1 Å². The van der Waals surface area contributed by atoms with Gasteiger partial charge in [0.2, 0.25) is 0 Å². The zero-order chi connectivity index (χ0) is 9.84. The van der Waals surface area contributed by atoms with Crippen LogP contribution in [0.2, 0.25) is 0 Å². The van der Waals surface area contributed by atoms with Crippen molar-refractivity contribution in [2.45, 2.75) is 0 Å². The number of nitrogens with zero attached hydrogens (tertiary/aromatic N) is 1. The number of hydrogen-bond donors (Lipinski definition) is 1. The van der Waals surface area contributed by atoms with Crippen LogP contribution in [0.5, 0.6) is 0 Å². The van der Waals surface area contributed by atoms with Crippen molar-refractivity contribution in [2.75, 3.05) is 12.4 Å². The van der Waals surface area contributed by atoms with Gasteiger partial charge in [-0.15, -0.1) is 11.6 Å². The van der Waals surface area contributed by atoms with Crippen LogP contribution in [0.4, 0.5) is 11.4 Å². The molecule has 1 rings (SSSR count). The van der Waals surface area contributed by atoms with Crippen molar-refractivity contribution in [3.63, 3.8) is 0 Å². The Morgan fingerprint density at radius 3 is 2.57 bits per heavy atom. The zero-order valence-electron chi connectivity index (χ0n) is 7.21. The molecule has 0 bridgehead atoms. The van der Waals surface area contributed by atoms with Crippen molar-refractivity contribution in [1.82, 2.24) is 0 Å². The molecule has 79 valence electrons. The van der Waals surface area contributed by atoms with Gasteiger partial charge in [0, 0.05) is 44.8 Å². The molecule has 1 aromatic carbocycles. The van der Waals surface area contributed by atoms with Crippen molar-refractivity contribution < 1.29 is 47.5 Å². The molecule has 0 saturated carbocycles. The first-order chi connectivity index (χ1) is 6.19. The van der Waals surface area contributed by atoms with Crippen LogP contribution in [0.15, 0.2) is 18.2 Å². The second kappa shape index (κ2) is 5.95. The van der Waals surface area contributed by atoms with E-state index in [2.05, 4.69) is 5.32 Å². The normalized spacial score (nSPS) is 8.64. The van der Waals surface area contributed by atoms with Gasteiger partial charge in [-0.2, -0.15) is 6.07 Å². The third-order valence-corrected chi connectivity index (χ3v) is 1.58. The molecule has 0 unspecified atom stereocenters. The molecular weight excluding hydrogens is 337 g/mol. The number of benzene rings is 1. The van der Waals surface area contributed by atoms with Crippen LogP contribution in [0.1, 0.15) is 5.56 Å². The molecule has 6 heteroatoms. The Labute approximate surface area is 111 Å². The Kier molecular flexibility index (Phi) is 5.67. The van der Waals surface area contributed by atoms with Crippen molar-refractivity contribution >= 4 is 17.7 Å². The first-order valence-corrected chi connectivity index (χ1v) is 3.53. The van der Waals surface area contributed by atoms with E-state index in [1.165, 1.54) is 18.2 Å². The SMILES string of the molecule is CNc1cc([C-]=O)ccc1[N+](=O)[O-].[Ho]. The number of hydrogen-bond acceptors (Lipinski definition) is 4. The van der Waals surface area contributed by atoms with Gasteiger partial charge in [-0.1, -0.05) is 0 Å². The van der Waals surface area contributed by atoms with Crippen molar-refractivity contribution in [3.05, 3.63) is 33.9 Å². The van der Waals surface area contributed by atoms with E-state index >= 15 is 0 Å². The Balaban J connectivity index is 0.00000169. The second-order valence-electron chi connectivity index (χ2n) is 2.34. The Morgan fingerprint density at radius 2 is 2.14 bits per heavy atom. The average Bonchev–Trinajstić information content (AvgIpc) is 2.16. The number of anilines is 1. The van der Waals surface area contributed by atoms with E-state index in [4.69, 9.17) is 0 Å². The molecule has 0 amide bonds. The molecule has 0 aromatic heterocycles. The summed E-state index contributed by atoms with van der Waals surface area (Å²) in [6.45, 7) is 0. The van der Waals surface area contributed by atoms with Gasteiger partial charge in [0.25, 0.3) is 5.69 Å². The van der Waals surface area contributed by atoms with Gasteiger partial charge < -0.3 is 10.1 Å². The van der Waals surface area contributed by atoms with Gasteiger partial charge in [-0.05, 0) is 6.07 Å². The van der Waals surface area contributed by atoms with Gasteiger partial charge in [0.1, 0.15) is 0 Å². The third-order valence-electron chi connectivity index (χ3n) is 1.58. The minimum atomic E-state index is -0.513. The van der Waals surface area contributed by atoms with Crippen molar-refractivity contribution in [1.29, 1.82) is 0 Å². The fourth-order valence-corrected chi connectivity index (χ4v) is 0.959. The van der Waals surface area contributed by atoms with Crippen LogP contribution >= 0.6 is 0 Å². The molecule has 0 aliphatic carbocycles. The molecule has 0 spiro atoms. The third kappa shape index (κ3) is 2.94. The standard InChI is InChI=1S/C8H7N2O3.Ho/c1-9-7-4-6(5-11)2-3-8(7)10(12)13;/h2-4,9H,1H3;/q-1;. The molecule has 0 atom stereocenters. The van der Waals surface area contributed by atoms with E-state index in [1.807, 2.05) is 0 Å². The maximum absolute atomic E-state index is 10.4. The largest absolute Gasteiger partial charge is 0.393 e. The number of carbonyl (C=O) groups excluding carboxylic acids is 1. The van der Waals surface area contributed by atoms with Crippen LogP contribution in [0, 0.1) is 47.9 Å². The summed E-state index contributed by atoms with van der Waals surface area (Å²) < 4.78 is 0. The fraction of sp³-hybridized carbons (Fsp3) is 0.125. The molecule has 0 fully saturated rings. The molecule has 1 N–H and O–H groups in total. The molecule has 5 nitrogen and oxygen atoms in total. The predicted molar refractivity (Wildman–Crippen MR) is 47.4 cm³/mol. The number of nitro benzene ring substituents is 1. The van der Waals surface area contributed by atoms with Crippen molar-refractivity contribution in [2.24, 2.45) is 0 Å². The van der Waals surface area contributed by atoms with Gasteiger partial charge in [0.05, 0.1) is 16.9 Å². The Hall–Kier alpha value is -0.650. The zero-order valence-corrected chi connectivity index (χ0v) is 9.14. The van der Waals surface area contributed by atoms with Gasteiger partial charge in [0.15, 0.2) is 0 Å². The first kappa shape index (κ1) is 13.3. The summed E-state index contributed by atoms with van der Waals surface area (Å²) in [6.07, 6.45) is 1.66. The smallest absolute Gasteiger partial charge is 0.267 e. The van der Waals surface area contributed by atoms with E-state index in [9.17, 15) is 14.9 Å². The molecule has 14 heavy (non-hydrogen) atoms. The summed E-state index contributed by atoms with van der Waals surface area (Å²) in [6, 6.07) is 4.00. The van der Waals surface area contributed by atoms with E-state index in [1.54, 1.807) is 13.3 Å². The van der Waals surface area contributed by atoms with Gasteiger partial charge >= 0.3 is 0 Å². The van der Waals surface area contributed by atoms with Crippen LogP contribution in [0.25, 0.3) is 0 Å². The average molecular weight is 344 g/mol. The Morgan fingerprint density at radius 1 is 1.50 bits per heavy atom. The van der Waals surface area contributed by atoms with E-state index < -0.39 is 4.92 Å². The molecule has 0 aliphatic rings. The second-order valence-corrected chi connectivity index (χ2v) is 2.34. The minimum absolute atomic E-state index is 0. The van der Waals surface area contributed by atoms with Crippen LogP contribution in [-0.4, -0.2) is 18.3 Å². The van der Waals surface area contributed by atoms with Crippen LogP contribution in [0.3, 0.4) is 0 Å². The van der Waals surface area contributed by atoms with Gasteiger partial charge in [-0.25, -0.2) is 0 Å². The van der Waals surface area contributed by atoms with E-state index in [0.717, 1.165) is 0 Å². The molecule has 0 aliphatic heterocycles. The maximum Gasteiger partial charge on any atom is 0.267 e. The van der Waals surface area contributed by atoms with Crippen LogP contribution in [-0.2, 0) is 4.79 Å².